The van der Waals surface area contributed by atoms with E-state index in [1.807, 2.05) is 24.3 Å². The van der Waals surface area contributed by atoms with Gasteiger partial charge in [-0.15, -0.1) is 0 Å². The van der Waals surface area contributed by atoms with Crippen LogP contribution in [0.2, 0.25) is 0 Å². The first-order valence-electron chi connectivity index (χ1n) is 4.81. The fraction of sp³-hybridized carbons (Fsp3) is 0. The van der Waals surface area contributed by atoms with Crippen molar-refractivity contribution in [2.45, 2.75) is 9.79 Å². The van der Waals surface area contributed by atoms with Gasteiger partial charge in [0.1, 0.15) is 0 Å². The predicted octanol–water partition coefficient (Wildman–Crippen LogP) is 7.54. The highest BCUT2D eigenvalue weighted by Crippen LogP contribution is 2.44. The molecule has 0 saturated carbocycles. The molecule has 0 unspecified atom stereocenters. The number of hydrogen-bond acceptors (Lipinski definition) is 2. The summed E-state index contributed by atoms with van der Waals surface area (Å²) in [7, 11) is 3.45. The molecular formula is C12H6Br4S2. The highest BCUT2D eigenvalue weighted by Gasteiger charge is 2.06. The second-order valence-electron chi connectivity index (χ2n) is 3.32. The summed E-state index contributed by atoms with van der Waals surface area (Å²) in [5.74, 6) is 0. The van der Waals surface area contributed by atoms with Gasteiger partial charge in [-0.1, -0.05) is 53.4 Å². The van der Waals surface area contributed by atoms with Crippen molar-refractivity contribution in [2.75, 3.05) is 0 Å². The zero-order chi connectivity index (χ0) is 13.1. The zero-order valence-electron chi connectivity index (χ0n) is 8.79. The van der Waals surface area contributed by atoms with Gasteiger partial charge in [-0.25, -0.2) is 0 Å². The molecule has 0 aliphatic heterocycles. The minimum absolute atomic E-state index is 1.09. The van der Waals surface area contributed by atoms with E-state index in [4.69, 9.17) is 0 Å². The summed E-state index contributed by atoms with van der Waals surface area (Å²) in [6.45, 7) is 0. The Morgan fingerprint density at radius 3 is 1.39 bits per heavy atom. The minimum atomic E-state index is 1.09. The second-order valence-corrected chi connectivity index (χ2v) is 9.07. The molecule has 0 N–H and O–H groups in total. The van der Waals surface area contributed by atoms with E-state index in [-0.39, 0.29) is 0 Å². The molecule has 2 rings (SSSR count). The number of benzene rings is 2. The van der Waals surface area contributed by atoms with Gasteiger partial charge >= 0.3 is 0 Å². The van der Waals surface area contributed by atoms with Gasteiger partial charge in [0.25, 0.3) is 0 Å². The third-order valence-corrected chi connectivity index (χ3v) is 7.35. The van der Waals surface area contributed by atoms with E-state index in [1.165, 1.54) is 9.79 Å². The highest BCUT2D eigenvalue weighted by atomic mass is 79.9. The molecule has 0 spiro atoms. The molecule has 2 aromatic rings. The summed E-state index contributed by atoms with van der Waals surface area (Å²) in [5.41, 5.74) is 0. The summed E-state index contributed by atoms with van der Waals surface area (Å²) in [5, 5.41) is 0. The van der Waals surface area contributed by atoms with Gasteiger partial charge in [0, 0.05) is 27.7 Å². The van der Waals surface area contributed by atoms with E-state index in [9.17, 15) is 0 Å². The predicted molar refractivity (Wildman–Crippen MR) is 95.4 cm³/mol. The highest BCUT2D eigenvalue weighted by molar-refractivity contribution is 9.11. The van der Waals surface area contributed by atoms with Gasteiger partial charge in [0.05, 0.1) is 0 Å². The lowest BCUT2D eigenvalue weighted by Crippen LogP contribution is -1.75. The Balaban J connectivity index is 2.16. The SMILES string of the molecule is Brc1ccc(Br)c(SSc2cc(Br)ccc2Br)c1. The summed E-state index contributed by atoms with van der Waals surface area (Å²) >= 11 is 14.1. The average Bonchev–Trinajstić information content (AvgIpc) is 2.34. The van der Waals surface area contributed by atoms with Crippen LogP contribution in [0.5, 0.6) is 0 Å². The first kappa shape index (κ1) is 15.4. The van der Waals surface area contributed by atoms with E-state index in [2.05, 4.69) is 75.9 Å². The van der Waals surface area contributed by atoms with E-state index in [0.717, 1.165) is 17.9 Å². The molecule has 6 heteroatoms. The van der Waals surface area contributed by atoms with Crippen LogP contribution in [-0.4, -0.2) is 0 Å². The van der Waals surface area contributed by atoms with E-state index in [1.54, 1.807) is 21.6 Å². The van der Waals surface area contributed by atoms with Crippen molar-refractivity contribution >= 4 is 85.3 Å². The van der Waals surface area contributed by atoms with Gasteiger partial charge < -0.3 is 0 Å². The molecule has 0 amide bonds. The Bertz CT molecular complexity index is 520. The molecular weight excluding hydrogens is 528 g/mol. The van der Waals surface area contributed by atoms with Crippen LogP contribution in [0.3, 0.4) is 0 Å². The smallest absolute Gasteiger partial charge is 0.0339 e. The molecule has 0 radical (unpaired) electrons. The monoisotopic (exact) mass is 530 g/mol. The molecule has 0 atom stereocenters. The summed E-state index contributed by atoms with van der Waals surface area (Å²) in [4.78, 5) is 2.39. The molecule has 0 heterocycles. The zero-order valence-corrected chi connectivity index (χ0v) is 16.8. The second kappa shape index (κ2) is 7.18. The Morgan fingerprint density at radius 1 is 0.611 bits per heavy atom. The maximum atomic E-state index is 3.56. The summed E-state index contributed by atoms with van der Waals surface area (Å²) in [6, 6.07) is 12.3. The van der Waals surface area contributed by atoms with Crippen molar-refractivity contribution in [3.8, 4) is 0 Å². The van der Waals surface area contributed by atoms with Gasteiger partial charge in [-0.3, -0.25) is 0 Å². The molecule has 2 aromatic carbocycles. The lowest BCUT2D eigenvalue weighted by molar-refractivity contribution is 1.38. The molecule has 0 aliphatic rings. The molecule has 0 bridgehead atoms. The molecule has 0 aliphatic carbocycles. The minimum Gasteiger partial charge on any atom is -0.0513 e. The summed E-state index contributed by atoms with van der Waals surface area (Å²) < 4.78 is 4.38. The van der Waals surface area contributed by atoms with Gasteiger partial charge in [0.2, 0.25) is 0 Å². The van der Waals surface area contributed by atoms with Crippen LogP contribution in [-0.2, 0) is 0 Å². The fourth-order valence-corrected chi connectivity index (χ4v) is 6.01. The average molecular weight is 534 g/mol. The van der Waals surface area contributed by atoms with Crippen LogP contribution in [0.25, 0.3) is 0 Å². The molecule has 18 heavy (non-hydrogen) atoms. The maximum Gasteiger partial charge on any atom is 0.0339 e. The molecule has 0 saturated heterocycles. The van der Waals surface area contributed by atoms with E-state index >= 15 is 0 Å². The lowest BCUT2D eigenvalue weighted by atomic mass is 10.4. The first-order chi connectivity index (χ1) is 8.56. The van der Waals surface area contributed by atoms with Crippen molar-refractivity contribution in [2.24, 2.45) is 0 Å². The van der Waals surface area contributed by atoms with Gasteiger partial charge in [-0.2, -0.15) is 0 Å². The van der Waals surface area contributed by atoms with Crippen LogP contribution < -0.4 is 0 Å². The van der Waals surface area contributed by atoms with E-state index in [0.29, 0.717) is 0 Å². The lowest BCUT2D eigenvalue weighted by Gasteiger charge is -2.06. The maximum absolute atomic E-state index is 3.56. The molecule has 0 fully saturated rings. The van der Waals surface area contributed by atoms with Crippen LogP contribution in [0.15, 0.2) is 64.1 Å². The largest absolute Gasteiger partial charge is 0.0513 e. The van der Waals surface area contributed by atoms with Crippen LogP contribution in [0.4, 0.5) is 0 Å². The van der Waals surface area contributed by atoms with Crippen molar-refractivity contribution in [3.63, 3.8) is 0 Å². The van der Waals surface area contributed by atoms with E-state index < -0.39 is 0 Å². The summed E-state index contributed by atoms with van der Waals surface area (Å²) in [6.07, 6.45) is 0. The standard InChI is InChI=1S/C12H6Br4S2/c13-7-1-3-9(15)11(5-7)17-18-12-6-8(14)2-4-10(12)16/h1-6H. The quantitative estimate of drug-likeness (QED) is 0.374. The van der Waals surface area contributed by atoms with Gasteiger partial charge in [0.15, 0.2) is 0 Å². The Hall–Kier alpha value is 1.06. The van der Waals surface area contributed by atoms with Crippen molar-refractivity contribution < 1.29 is 0 Å². The fourth-order valence-electron chi connectivity index (χ4n) is 1.17. The number of hydrogen-bond donors (Lipinski definition) is 0. The van der Waals surface area contributed by atoms with Crippen LogP contribution >= 0.6 is 85.3 Å². The van der Waals surface area contributed by atoms with Crippen LogP contribution in [0, 0.1) is 0 Å². The van der Waals surface area contributed by atoms with Crippen molar-refractivity contribution in [1.82, 2.24) is 0 Å². The molecule has 0 nitrogen and oxygen atoms in total. The normalized spacial score (nSPS) is 10.7. The van der Waals surface area contributed by atoms with Crippen molar-refractivity contribution in [3.05, 3.63) is 54.3 Å². The Kier molecular flexibility index (Phi) is 6.16. The topological polar surface area (TPSA) is 0 Å². The molecule has 0 aromatic heterocycles. The number of halogens is 4. The van der Waals surface area contributed by atoms with Crippen LogP contribution in [0.1, 0.15) is 0 Å². The third kappa shape index (κ3) is 4.28. The number of rotatable bonds is 3. The first-order valence-corrected chi connectivity index (χ1v) is 10.1. The van der Waals surface area contributed by atoms with Crippen molar-refractivity contribution in [1.29, 1.82) is 0 Å². The third-order valence-electron chi connectivity index (χ3n) is 2.01. The Morgan fingerprint density at radius 2 is 1.00 bits per heavy atom. The molecule has 94 valence electrons. The van der Waals surface area contributed by atoms with Gasteiger partial charge in [-0.05, 0) is 68.3 Å². The Labute approximate surface area is 148 Å².